The standard InChI is InChI=1S/C17H14ClN5O2S/c18-12-6-8-13(9-7-12)23-15(11-4-2-1-3-5-11)21-22-17(23)26-10-14(24)20-16(19)25/h1-9H,10H2,(H3,19,20,24,25). The molecule has 0 radical (unpaired) electrons. The number of nitrogens with zero attached hydrogens (tertiary/aromatic N) is 3. The quantitative estimate of drug-likeness (QED) is 0.655. The summed E-state index contributed by atoms with van der Waals surface area (Å²) in [4.78, 5) is 22.5. The van der Waals surface area contributed by atoms with Crippen molar-refractivity contribution in [3.05, 3.63) is 59.6 Å². The average Bonchev–Trinajstić information content (AvgIpc) is 3.05. The van der Waals surface area contributed by atoms with Crippen LogP contribution < -0.4 is 11.1 Å². The molecular weight excluding hydrogens is 374 g/mol. The molecular formula is C17H14ClN5O2S. The second-order valence-electron chi connectivity index (χ2n) is 5.19. The second-order valence-corrected chi connectivity index (χ2v) is 6.56. The van der Waals surface area contributed by atoms with Crippen LogP contribution in [-0.4, -0.2) is 32.5 Å². The Bertz CT molecular complexity index is 928. The van der Waals surface area contributed by atoms with Gasteiger partial charge in [-0.05, 0) is 24.3 Å². The van der Waals surface area contributed by atoms with E-state index in [0.29, 0.717) is 16.0 Å². The van der Waals surface area contributed by atoms with Crippen molar-refractivity contribution < 1.29 is 9.59 Å². The highest BCUT2D eigenvalue weighted by Crippen LogP contribution is 2.28. The van der Waals surface area contributed by atoms with Gasteiger partial charge in [0.2, 0.25) is 5.91 Å². The van der Waals surface area contributed by atoms with Crippen LogP contribution in [0.5, 0.6) is 0 Å². The molecule has 0 aliphatic carbocycles. The number of imide groups is 1. The molecule has 3 rings (SSSR count). The lowest BCUT2D eigenvalue weighted by molar-refractivity contribution is -0.117. The van der Waals surface area contributed by atoms with Crippen LogP contribution in [0, 0.1) is 0 Å². The van der Waals surface area contributed by atoms with Crippen LogP contribution in [0.4, 0.5) is 4.79 Å². The third kappa shape index (κ3) is 4.22. The minimum atomic E-state index is -0.889. The molecule has 3 amide bonds. The summed E-state index contributed by atoms with van der Waals surface area (Å²) in [6, 6.07) is 15.9. The van der Waals surface area contributed by atoms with Crippen LogP contribution >= 0.6 is 23.4 Å². The SMILES string of the molecule is NC(=O)NC(=O)CSc1nnc(-c2ccccc2)n1-c1ccc(Cl)cc1. The van der Waals surface area contributed by atoms with Crippen LogP contribution in [0.15, 0.2) is 59.8 Å². The van der Waals surface area contributed by atoms with E-state index in [1.54, 1.807) is 12.1 Å². The van der Waals surface area contributed by atoms with Gasteiger partial charge in [-0.3, -0.25) is 14.7 Å². The largest absolute Gasteiger partial charge is 0.351 e. The topological polar surface area (TPSA) is 103 Å². The Morgan fingerprint density at radius 2 is 1.77 bits per heavy atom. The molecule has 1 heterocycles. The maximum absolute atomic E-state index is 11.7. The number of thioether (sulfide) groups is 1. The summed E-state index contributed by atoms with van der Waals surface area (Å²) in [7, 11) is 0. The number of nitrogens with one attached hydrogen (secondary N) is 1. The molecule has 3 N–H and O–H groups in total. The molecule has 2 aromatic carbocycles. The monoisotopic (exact) mass is 387 g/mol. The van der Waals surface area contributed by atoms with Gasteiger partial charge in [0.1, 0.15) is 0 Å². The summed E-state index contributed by atoms with van der Waals surface area (Å²) in [6.45, 7) is 0. The number of aromatic nitrogens is 3. The molecule has 0 spiro atoms. The van der Waals surface area contributed by atoms with E-state index in [4.69, 9.17) is 17.3 Å². The smallest absolute Gasteiger partial charge is 0.318 e. The van der Waals surface area contributed by atoms with Crippen LogP contribution in [0.1, 0.15) is 0 Å². The lowest BCUT2D eigenvalue weighted by Crippen LogP contribution is -2.36. The van der Waals surface area contributed by atoms with E-state index < -0.39 is 11.9 Å². The maximum atomic E-state index is 11.7. The van der Waals surface area contributed by atoms with E-state index in [2.05, 4.69) is 10.2 Å². The van der Waals surface area contributed by atoms with Crippen molar-refractivity contribution in [2.75, 3.05) is 5.75 Å². The fourth-order valence-corrected chi connectivity index (χ4v) is 3.14. The fourth-order valence-electron chi connectivity index (χ4n) is 2.26. The number of nitrogens with two attached hydrogens (primary N) is 1. The molecule has 0 aliphatic rings. The molecule has 1 aromatic heterocycles. The van der Waals surface area contributed by atoms with Gasteiger partial charge in [0, 0.05) is 16.3 Å². The van der Waals surface area contributed by atoms with Crippen molar-refractivity contribution in [2.45, 2.75) is 5.16 Å². The highest BCUT2D eigenvalue weighted by atomic mass is 35.5. The minimum Gasteiger partial charge on any atom is -0.351 e. The number of rotatable bonds is 5. The van der Waals surface area contributed by atoms with Crippen LogP contribution in [0.25, 0.3) is 17.1 Å². The van der Waals surface area contributed by atoms with E-state index in [1.165, 1.54) is 0 Å². The Balaban J connectivity index is 1.97. The van der Waals surface area contributed by atoms with Crippen LogP contribution in [0.2, 0.25) is 5.02 Å². The predicted octanol–water partition coefficient (Wildman–Crippen LogP) is 2.87. The Morgan fingerprint density at radius 3 is 2.42 bits per heavy atom. The van der Waals surface area contributed by atoms with Crippen molar-refractivity contribution in [3.8, 4) is 17.1 Å². The molecule has 0 fully saturated rings. The van der Waals surface area contributed by atoms with E-state index >= 15 is 0 Å². The van der Waals surface area contributed by atoms with E-state index in [-0.39, 0.29) is 5.75 Å². The Hall–Kier alpha value is -2.84. The molecule has 7 nitrogen and oxygen atoms in total. The van der Waals surface area contributed by atoms with Gasteiger partial charge in [-0.25, -0.2) is 4.79 Å². The Labute approximate surface area is 158 Å². The number of hydrogen-bond acceptors (Lipinski definition) is 5. The molecule has 0 unspecified atom stereocenters. The Morgan fingerprint density at radius 1 is 1.08 bits per heavy atom. The lowest BCUT2D eigenvalue weighted by atomic mass is 10.2. The summed E-state index contributed by atoms with van der Waals surface area (Å²) in [5.41, 5.74) is 6.63. The van der Waals surface area contributed by atoms with Crippen molar-refractivity contribution in [3.63, 3.8) is 0 Å². The first-order chi connectivity index (χ1) is 12.5. The zero-order valence-electron chi connectivity index (χ0n) is 13.4. The van der Waals surface area contributed by atoms with Gasteiger partial charge >= 0.3 is 6.03 Å². The van der Waals surface area contributed by atoms with Gasteiger partial charge in [0.05, 0.1) is 5.75 Å². The van der Waals surface area contributed by atoms with Crippen LogP contribution in [0.3, 0.4) is 0 Å². The van der Waals surface area contributed by atoms with E-state index in [0.717, 1.165) is 23.0 Å². The molecule has 0 saturated carbocycles. The predicted molar refractivity (Wildman–Crippen MR) is 100 cm³/mol. The van der Waals surface area contributed by atoms with Gasteiger partial charge in [0.25, 0.3) is 0 Å². The molecule has 0 atom stereocenters. The minimum absolute atomic E-state index is 0.0244. The zero-order chi connectivity index (χ0) is 18.5. The number of urea groups is 1. The molecule has 0 aliphatic heterocycles. The molecule has 26 heavy (non-hydrogen) atoms. The summed E-state index contributed by atoms with van der Waals surface area (Å²) in [5, 5.41) is 11.6. The number of hydrogen-bond donors (Lipinski definition) is 2. The maximum Gasteiger partial charge on any atom is 0.318 e. The van der Waals surface area contributed by atoms with E-state index in [1.807, 2.05) is 52.3 Å². The molecule has 0 bridgehead atoms. The highest BCUT2D eigenvalue weighted by Gasteiger charge is 2.17. The number of carbonyl (C=O) groups excluding carboxylic acids is 2. The summed E-state index contributed by atoms with van der Waals surface area (Å²) in [5.74, 6) is 0.101. The normalized spacial score (nSPS) is 10.5. The summed E-state index contributed by atoms with van der Waals surface area (Å²) < 4.78 is 1.83. The molecule has 0 saturated heterocycles. The molecule has 132 valence electrons. The second kappa shape index (κ2) is 8.03. The van der Waals surface area contributed by atoms with Crippen molar-refractivity contribution in [1.29, 1.82) is 0 Å². The summed E-state index contributed by atoms with van der Waals surface area (Å²) in [6.07, 6.45) is 0. The van der Waals surface area contributed by atoms with Crippen LogP contribution in [-0.2, 0) is 4.79 Å². The molecule has 9 heteroatoms. The van der Waals surface area contributed by atoms with Gasteiger partial charge in [-0.15, -0.1) is 10.2 Å². The number of halogens is 1. The van der Waals surface area contributed by atoms with Gasteiger partial charge in [-0.1, -0.05) is 53.7 Å². The van der Waals surface area contributed by atoms with Gasteiger partial charge in [0.15, 0.2) is 11.0 Å². The highest BCUT2D eigenvalue weighted by molar-refractivity contribution is 7.99. The number of amides is 3. The van der Waals surface area contributed by atoms with Gasteiger partial charge in [-0.2, -0.15) is 0 Å². The van der Waals surface area contributed by atoms with Crippen molar-refractivity contribution >= 4 is 35.3 Å². The number of primary amides is 1. The third-order valence-corrected chi connectivity index (χ3v) is 4.53. The number of carbonyl (C=O) groups is 2. The first kappa shape index (κ1) is 18.0. The van der Waals surface area contributed by atoms with Gasteiger partial charge < -0.3 is 5.73 Å². The zero-order valence-corrected chi connectivity index (χ0v) is 15.0. The summed E-state index contributed by atoms with van der Waals surface area (Å²) >= 11 is 7.13. The average molecular weight is 388 g/mol. The van der Waals surface area contributed by atoms with E-state index in [9.17, 15) is 9.59 Å². The number of benzene rings is 2. The van der Waals surface area contributed by atoms with Crippen molar-refractivity contribution in [2.24, 2.45) is 5.73 Å². The fraction of sp³-hybridized carbons (Fsp3) is 0.0588. The molecule has 3 aromatic rings. The first-order valence-electron chi connectivity index (χ1n) is 7.53. The van der Waals surface area contributed by atoms with Crippen molar-refractivity contribution in [1.82, 2.24) is 20.1 Å². The first-order valence-corrected chi connectivity index (χ1v) is 8.90. The Kier molecular flexibility index (Phi) is 5.55. The lowest BCUT2D eigenvalue weighted by Gasteiger charge is -2.10. The third-order valence-electron chi connectivity index (χ3n) is 3.35.